The summed E-state index contributed by atoms with van der Waals surface area (Å²) in [6, 6.07) is 4.99. The van der Waals surface area contributed by atoms with Gasteiger partial charge in [-0.15, -0.1) is 0 Å². The maximum atomic E-state index is 10.8. The predicted octanol–water partition coefficient (Wildman–Crippen LogP) is 2.55. The molecule has 19 heavy (non-hydrogen) atoms. The number of benzene rings is 1. The van der Waals surface area contributed by atoms with Gasteiger partial charge in [0.1, 0.15) is 17.4 Å². The van der Waals surface area contributed by atoms with E-state index in [0.29, 0.717) is 20.8 Å². The topological polar surface area (TPSA) is 102 Å². The molecular formula is C11H7BrClN3O3. The molecule has 1 aromatic carbocycles. The van der Waals surface area contributed by atoms with Crippen LogP contribution in [0.3, 0.4) is 0 Å². The van der Waals surface area contributed by atoms with E-state index in [-0.39, 0.29) is 11.5 Å². The Labute approximate surface area is 121 Å². The van der Waals surface area contributed by atoms with Crippen LogP contribution in [0.25, 0.3) is 0 Å². The van der Waals surface area contributed by atoms with Gasteiger partial charge >= 0.3 is 0 Å². The zero-order chi connectivity index (χ0) is 14.2. The number of nitro groups is 1. The van der Waals surface area contributed by atoms with E-state index in [9.17, 15) is 10.1 Å². The molecule has 0 saturated carbocycles. The average Bonchev–Trinajstić information content (AvgIpc) is 2.30. The third-order valence-electron chi connectivity index (χ3n) is 2.69. The summed E-state index contributed by atoms with van der Waals surface area (Å²) in [5.74, 6) is -0.531. The molecule has 6 nitrogen and oxygen atoms in total. The lowest BCUT2D eigenvalue weighted by atomic mass is 9.89. The third kappa shape index (κ3) is 2.50. The normalized spacial score (nSPS) is 17.4. The molecule has 0 aliphatic carbocycles. The third-order valence-corrected chi connectivity index (χ3v) is 3.50. The molecule has 1 atom stereocenters. The van der Waals surface area contributed by atoms with Crippen molar-refractivity contribution >= 4 is 27.5 Å². The fourth-order valence-electron chi connectivity index (χ4n) is 1.91. The van der Waals surface area contributed by atoms with Crippen LogP contribution in [0.2, 0.25) is 5.02 Å². The monoisotopic (exact) mass is 343 g/mol. The number of rotatable bonds is 2. The molecule has 98 valence electrons. The Bertz CT molecular complexity index is 639. The molecule has 0 spiro atoms. The first-order chi connectivity index (χ1) is 8.93. The molecule has 1 aliphatic heterocycles. The van der Waals surface area contributed by atoms with E-state index in [2.05, 4.69) is 15.9 Å². The lowest BCUT2D eigenvalue weighted by Gasteiger charge is -2.24. The highest BCUT2D eigenvalue weighted by atomic mass is 79.9. The van der Waals surface area contributed by atoms with E-state index in [1.165, 1.54) is 0 Å². The van der Waals surface area contributed by atoms with Gasteiger partial charge in [-0.2, -0.15) is 5.26 Å². The average molecular weight is 345 g/mol. The molecule has 0 fully saturated rings. The van der Waals surface area contributed by atoms with E-state index < -0.39 is 17.4 Å². The number of hydrogen-bond donors (Lipinski definition) is 1. The first-order valence-corrected chi connectivity index (χ1v) is 6.29. The lowest BCUT2D eigenvalue weighted by Crippen LogP contribution is -2.25. The summed E-state index contributed by atoms with van der Waals surface area (Å²) in [6.07, 6.45) is 0. The van der Waals surface area contributed by atoms with Crippen molar-refractivity contribution in [3.8, 4) is 11.8 Å². The number of ether oxygens (including phenoxy) is 1. The van der Waals surface area contributed by atoms with Crippen molar-refractivity contribution in [3.63, 3.8) is 0 Å². The summed E-state index contributed by atoms with van der Waals surface area (Å²) in [5.41, 5.74) is 6.15. The van der Waals surface area contributed by atoms with Crippen molar-refractivity contribution < 1.29 is 9.66 Å². The van der Waals surface area contributed by atoms with Crippen molar-refractivity contribution in [3.05, 3.63) is 48.8 Å². The van der Waals surface area contributed by atoms with Crippen molar-refractivity contribution in [1.82, 2.24) is 0 Å². The first-order valence-electron chi connectivity index (χ1n) is 5.12. The molecule has 2 rings (SSSR count). The van der Waals surface area contributed by atoms with Crippen LogP contribution in [-0.4, -0.2) is 11.5 Å². The minimum Gasteiger partial charge on any atom is -0.439 e. The standard InChI is InChI=1S/C11H7BrClN3O3/c12-9-2-5(13)1-6-8(4-16(17)18)7(3-14)11(15)19-10(6)9/h1-2,8H,4,15H2/t8-/m0/s1. The zero-order valence-corrected chi connectivity index (χ0v) is 11.7. The van der Waals surface area contributed by atoms with Crippen LogP contribution in [0.4, 0.5) is 0 Å². The summed E-state index contributed by atoms with van der Waals surface area (Å²) in [5, 5.41) is 20.2. The molecule has 1 aliphatic rings. The van der Waals surface area contributed by atoms with E-state index in [4.69, 9.17) is 27.3 Å². The van der Waals surface area contributed by atoms with E-state index in [0.717, 1.165) is 0 Å². The van der Waals surface area contributed by atoms with Gasteiger partial charge in [-0.05, 0) is 28.1 Å². The Balaban J connectivity index is 2.63. The van der Waals surface area contributed by atoms with Gasteiger partial charge < -0.3 is 10.5 Å². The van der Waals surface area contributed by atoms with Crippen LogP contribution in [0.5, 0.6) is 5.75 Å². The van der Waals surface area contributed by atoms with Gasteiger partial charge in [-0.1, -0.05) is 11.6 Å². The second-order valence-electron chi connectivity index (χ2n) is 3.87. The SMILES string of the molecule is N#CC1=C(N)Oc2c(Br)cc(Cl)cc2[C@@H]1C[N+](=O)[O-]. The van der Waals surface area contributed by atoms with Crippen LogP contribution in [0.15, 0.2) is 28.1 Å². The number of hydrogen-bond acceptors (Lipinski definition) is 5. The van der Waals surface area contributed by atoms with E-state index >= 15 is 0 Å². The molecule has 0 aromatic heterocycles. The molecule has 0 saturated heterocycles. The Morgan fingerprint density at radius 2 is 2.32 bits per heavy atom. The van der Waals surface area contributed by atoms with E-state index in [1.807, 2.05) is 6.07 Å². The molecule has 8 heteroatoms. The fraction of sp³-hybridized carbons (Fsp3) is 0.182. The Morgan fingerprint density at radius 1 is 1.63 bits per heavy atom. The fourth-order valence-corrected chi connectivity index (χ4v) is 2.83. The maximum Gasteiger partial charge on any atom is 0.215 e. The van der Waals surface area contributed by atoms with Crippen LogP contribution in [0, 0.1) is 21.4 Å². The van der Waals surface area contributed by atoms with Crippen LogP contribution in [0.1, 0.15) is 11.5 Å². The van der Waals surface area contributed by atoms with Gasteiger partial charge in [-0.3, -0.25) is 10.1 Å². The van der Waals surface area contributed by atoms with Crippen LogP contribution < -0.4 is 10.5 Å². The predicted molar refractivity (Wildman–Crippen MR) is 71.2 cm³/mol. The summed E-state index contributed by atoms with van der Waals surface area (Å²) < 4.78 is 5.87. The molecule has 0 bridgehead atoms. The highest BCUT2D eigenvalue weighted by Gasteiger charge is 2.34. The van der Waals surface area contributed by atoms with Gasteiger partial charge in [0, 0.05) is 15.5 Å². The smallest absolute Gasteiger partial charge is 0.215 e. The molecule has 1 aromatic rings. The molecule has 0 radical (unpaired) electrons. The summed E-state index contributed by atoms with van der Waals surface area (Å²) in [7, 11) is 0. The molecule has 1 heterocycles. The second-order valence-corrected chi connectivity index (χ2v) is 5.16. The Morgan fingerprint density at radius 3 is 2.89 bits per heavy atom. The molecule has 2 N–H and O–H groups in total. The first kappa shape index (κ1) is 13.6. The summed E-state index contributed by atoms with van der Waals surface area (Å²) in [6.45, 7) is -0.452. The zero-order valence-electron chi connectivity index (χ0n) is 9.39. The quantitative estimate of drug-likeness (QED) is 0.656. The van der Waals surface area contributed by atoms with Crippen LogP contribution >= 0.6 is 27.5 Å². The lowest BCUT2D eigenvalue weighted by molar-refractivity contribution is -0.482. The number of fused-ring (bicyclic) bond motifs is 1. The second kappa shape index (κ2) is 5.07. The maximum absolute atomic E-state index is 10.8. The Hall–Kier alpha value is -1.78. The number of halogens is 2. The number of nitrogens with two attached hydrogens (primary N) is 1. The minimum atomic E-state index is -0.765. The van der Waals surface area contributed by atoms with Gasteiger partial charge in [0.2, 0.25) is 12.4 Å². The van der Waals surface area contributed by atoms with Gasteiger partial charge in [0.15, 0.2) is 0 Å². The van der Waals surface area contributed by atoms with E-state index in [1.54, 1.807) is 12.1 Å². The highest BCUT2D eigenvalue weighted by molar-refractivity contribution is 9.10. The van der Waals surface area contributed by atoms with Crippen LogP contribution in [-0.2, 0) is 0 Å². The minimum absolute atomic E-state index is 0.0402. The summed E-state index contributed by atoms with van der Waals surface area (Å²) >= 11 is 9.18. The molecule has 0 unspecified atom stereocenters. The summed E-state index contributed by atoms with van der Waals surface area (Å²) in [4.78, 5) is 10.3. The number of nitriles is 1. The largest absolute Gasteiger partial charge is 0.439 e. The number of nitrogens with zero attached hydrogens (tertiary/aromatic N) is 2. The van der Waals surface area contributed by atoms with Gasteiger partial charge in [-0.25, -0.2) is 0 Å². The Kier molecular flexibility index (Phi) is 3.64. The van der Waals surface area contributed by atoms with Gasteiger partial charge in [0.05, 0.1) is 10.4 Å². The van der Waals surface area contributed by atoms with Crippen molar-refractivity contribution in [2.45, 2.75) is 5.92 Å². The highest BCUT2D eigenvalue weighted by Crippen LogP contribution is 2.43. The molecular weight excluding hydrogens is 337 g/mol. The van der Waals surface area contributed by atoms with Gasteiger partial charge in [0.25, 0.3) is 0 Å². The van der Waals surface area contributed by atoms with Crippen molar-refractivity contribution in [1.29, 1.82) is 5.26 Å². The molecule has 0 amide bonds. The van der Waals surface area contributed by atoms with Crippen molar-refractivity contribution in [2.24, 2.45) is 5.73 Å². The van der Waals surface area contributed by atoms with Crippen molar-refractivity contribution in [2.75, 3.05) is 6.54 Å².